The molecule has 0 aromatic carbocycles. The quantitative estimate of drug-likeness (QED) is 0.774. The van der Waals surface area contributed by atoms with E-state index in [1.807, 2.05) is 6.92 Å². The van der Waals surface area contributed by atoms with E-state index in [0.29, 0.717) is 17.9 Å². The molecule has 0 radical (unpaired) electrons. The van der Waals surface area contributed by atoms with Gasteiger partial charge in [0.1, 0.15) is 0 Å². The van der Waals surface area contributed by atoms with Crippen LogP contribution in [0.3, 0.4) is 0 Å². The molecule has 1 heterocycles. The number of nitrogens with zero attached hydrogens (tertiary/aromatic N) is 1. The fraction of sp³-hybridized carbons (Fsp3) is 1.00. The van der Waals surface area contributed by atoms with Crippen molar-refractivity contribution in [1.29, 1.82) is 0 Å². The molecule has 0 spiro atoms. The van der Waals surface area contributed by atoms with E-state index < -0.39 is 0 Å². The SMILES string of the molecule is CC(C)CN1CC(NCC2CCC2)CC(C(C)O)C1. The molecule has 2 aliphatic rings. The Balaban J connectivity index is 1.82. The van der Waals surface area contributed by atoms with E-state index in [1.54, 1.807) is 0 Å². The van der Waals surface area contributed by atoms with Crippen LogP contribution >= 0.6 is 0 Å². The van der Waals surface area contributed by atoms with Crippen molar-refractivity contribution < 1.29 is 5.11 Å². The fourth-order valence-electron chi connectivity index (χ4n) is 3.43. The molecule has 1 aliphatic carbocycles. The third-order valence-electron chi connectivity index (χ3n) is 4.78. The third-order valence-corrected chi connectivity index (χ3v) is 4.78. The predicted molar refractivity (Wildman–Crippen MR) is 80.2 cm³/mol. The van der Waals surface area contributed by atoms with Crippen molar-refractivity contribution >= 4 is 0 Å². The molecule has 0 amide bonds. The van der Waals surface area contributed by atoms with Crippen LogP contribution < -0.4 is 5.32 Å². The van der Waals surface area contributed by atoms with Gasteiger partial charge in [0.15, 0.2) is 0 Å². The Morgan fingerprint density at radius 2 is 1.95 bits per heavy atom. The summed E-state index contributed by atoms with van der Waals surface area (Å²) in [6.07, 6.45) is 5.21. The van der Waals surface area contributed by atoms with E-state index in [9.17, 15) is 5.11 Å². The van der Waals surface area contributed by atoms with Crippen molar-refractivity contribution in [2.75, 3.05) is 26.2 Å². The molecule has 3 atom stereocenters. The van der Waals surface area contributed by atoms with E-state index in [-0.39, 0.29) is 6.10 Å². The minimum Gasteiger partial charge on any atom is -0.393 e. The zero-order valence-corrected chi connectivity index (χ0v) is 12.9. The van der Waals surface area contributed by atoms with Gasteiger partial charge in [-0.05, 0) is 50.5 Å². The summed E-state index contributed by atoms with van der Waals surface area (Å²) in [7, 11) is 0. The van der Waals surface area contributed by atoms with Crippen LogP contribution in [0, 0.1) is 17.8 Å². The summed E-state index contributed by atoms with van der Waals surface area (Å²) < 4.78 is 0. The van der Waals surface area contributed by atoms with Crippen molar-refractivity contribution in [3.05, 3.63) is 0 Å². The van der Waals surface area contributed by atoms with Gasteiger partial charge in [-0.3, -0.25) is 0 Å². The Labute approximate surface area is 118 Å². The maximum atomic E-state index is 9.93. The van der Waals surface area contributed by atoms with Crippen molar-refractivity contribution in [3.63, 3.8) is 0 Å². The molecule has 2 N–H and O–H groups in total. The van der Waals surface area contributed by atoms with Gasteiger partial charge in [0.25, 0.3) is 0 Å². The molecule has 0 bridgehead atoms. The highest BCUT2D eigenvalue weighted by Gasteiger charge is 2.30. The Morgan fingerprint density at radius 3 is 2.47 bits per heavy atom. The molecular formula is C16H32N2O. The predicted octanol–water partition coefficient (Wildman–Crippen LogP) is 2.10. The topological polar surface area (TPSA) is 35.5 Å². The Morgan fingerprint density at radius 1 is 1.21 bits per heavy atom. The van der Waals surface area contributed by atoms with E-state index in [2.05, 4.69) is 24.1 Å². The van der Waals surface area contributed by atoms with Crippen molar-refractivity contribution in [3.8, 4) is 0 Å². The summed E-state index contributed by atoms with van der Waals surface area (Å²) in [4.78, 5) is 2.55. The van der Waals surface area contributed by atoms with Gasteiger partial charge in [0.05, 0.1) is 6.10 Å². The smallest absolute Gasteiger partial charge is 0.0553 e. The molecule has 3 unspecified atom stereocenters. The fourth-order valence-corrected chi connectivity index (χ4v) is 3.43. The Hall–Kier alpha value is -0.120. The van der Waals surface area contributed by atoms with Crippen LogP contribution in [-0.2, 0) is 0 Å². The summed E-state index contributed by atoms with van der Waals surface area (Å²) in [6, 6.07) is 0.577. The summed E-state index contributed by atoms with van der Waals surface area (Å²) >= 11 is 0. The summed E-state index contributed by atoms with van der Waals surface area (Å²) in [5.74, 6) is 2.07. The standard InChI is InChI=1S/C16H32N2O/c1-12(2)9-18-10-15(13(3)19)7-16(11-18)17-8-14-5-4-6-14/h12-17,19H,4-11H2,1-3H3. The first-order valence-corrected chi connectivity index (χ1v) is 8.18. The number of nitrogens with one attached hydrogen (secondary N) is 1. The van der Waals surface area contributed by atoms with Crippen LogP contribution in [0.15, 0.2) is 0 Å². The van der Waals surface area contributed by atoms with E-state index in [1.165, 1.54) is 25.8 Å². The van der Waals surface area contributed by atoms with E-state index in [0.717, 1.165) is 32.0 Å². The van der Waals surface area contributed by atoms with Crippen LogP contribution in [0.25, 0.3) is 0 Å². The molecule has 0 aromatic heterocycles. The molecule has 1 saturated heterocycles. The van der Waals surface area contributed by atoms with Crippen LogP contribution in [0.2, 0.25) is 0 Å². The van der Waals surface area contributed by atoms with Crippen LogP contribution in [0.1, 0.15) is 46.5 Å². The minimum absolute atomic E-state index is 0.178. The molecule has 1 aliphatic heterocycles. The molecule has 0 aromatic rings. The van der Waals surface area contributed by atoms with Crippen LogP contribution in [-0.4, -0.2) is 48.3 Å². The summed E-state index contributed by atoms with van der Waals surface area (Å²) in [5, 5.41) is 13.7. The van der Waals surface area contributed by atoms with Crippen LogP contribution in [0.4, 0.5) is 0 Å². The van der Waals surface area contributed by atoms with Gasteiger partial charge in [-0.1, -0.05) is 20.3 Å². The highest BCUT2D eigenvalue weighted by Crippen LogP contribution is 2.26. The maximum absolute atomic E-state index is 9.93. The van der Waals surface area contributed by atoms with Gasteiger partial charge in [-0.2, -0.15) is 0 Å². The number of hydrogen-bond acceptors (Lipinski definition) is 3. The number of likely N-dealkylation sites (tertiary alicyclic amines) is 1. The highest BCUT2D eigenvalue weighted by molar-refractivity contribution is 4.87. The second-order valence-corrected chi connectivity index (χ2v) is 7.25. The van der Waals surface area contributed by atoms with E-state index in [4.69, 9.17) is 0 Å². The van der Waals surface area contributed by atoms with Gasteiger partial charge < -0.3 is 15.3 Å². The van der Waals surface area contributed by atoms with Gasteiger partial charge >= 0.3 is 0 Å². The first-order chi connectivity index (χ1) is 9.04. The number of rotatable bonds is 6. The van der Waals surface area contributed by atoms with Crippen molar-refractivity contribution in [1.82, 2.24) is 10.2 Å². The lowest BCUT2D eigenvalue weighted by atomic mass is 9.84. The zero-order chi connectivity index (χ0) is 13.8. The lowest BCUT2D eigenvalue weighted by molar-refractivity contribution is 0.0420. The molecule has 3 nitrogen and oxygen atoms in total. The highest BCUT2D eigenvalue weighted by atomic mass is 16.3. The molecule has 112 valence electrons. The molecule has 2 fully saturated rings. The van der Waals surface area contributed by atoms with Gasteiger partial charge in [0, 0.05) is 25.7 Å². The average molecular weight is 268 g/mol. The average Bonchev–Trinajstić information content (AvgIpc) is 2.25. The Kier molecular flexibility index (Phi) is 5.67. The lowest BCUT2D eigenvalue weighted by Crippen LogP contribution is -2.53. The maximum Gasteiger partial charge on any atom is 0.0553 e. The molecule has 19 heavy (non-hydrogen) atoms. The second kappa shape index (κ2) is 7.05. The zero-order valence-electron chi connectivity index (χ0n) is 12.9. The number of aliphatic hydroxyl groups excluding tert-OH is 1. The second-order valence-electron chi connectivity index (χ2n) is 7.25. The molecule has 3 heteroatoms. The number of piperidine rings is 1. The lowest BCUT2D eigenvalue weighted by Gasteiger charge is -2.41. The van der Waals surface area contributed by atoms with E-state index >= 15 is 0 Å². The minimum atomic E-state index is -0.178. The van der Waals surface area contributed by atoms with Crippen molar-refractivity contribution in [2.45, 2.75) is 58.6 Å². The summed E-state index contributed by atoms with van der Waals surface area (Å²) in [6.45, 7) is 11.1. The monoisotopic (exact) mass is 268 g/mol. The first kappa shape index (κ1) is 15.3. The largest absolute Gasteiger partial charge is 0.393 e. The normalized spacial score (nSPS) is 31.4. The molecule has 1 saturated carbocycles. The molecule has 2 rings (SSSR count). The number of hydrogen-bond donors (Lipinski definition) is 2. The Bertz CT molecular complexity index is 263. The van der Waals surface area contributed by atoms with Crippen molar-refractivity contribution in [2.24, 2.45) is 17.8 Å². The first-order valence-electron chi connectivity index (χ1n) is 8.18. The van der Waals surface area contributed by atoms with Gasteiger partial charge in [-0.25, -0.2) is 0 Å². The number of aliphatic hydroxyl groups is 1. The van der Waals surface area contributed by atoms with Gasteiger partial charge in [0.2, 0.25) is 0 Å². The van der Waals surface area contributed by atoms with Crippen LogP contribution in [0.5, 0.6) is 0 Å². The molecular weight excluding hydrogens is 236 g/mol. The van der Waals surface area contributed by atoms with Gasteiger partial charge in [-0.15, -0.1) is 0 Å². The summed E-state index contributed by atoms with van der Waals surface area (Å²) in [5.41, 5.74) is 0. The third kappa shape index (κ3) is 4.73.